The van der Waals surface area contributed by atoms with Gasteiger partial charge in [0.25, 0.3) is 0 Å². The standard InChI is InChI=1S/C24H32N2O6S/c1-30-21-11-9-20(33(28,29)26-13-5-4-6-14-26)16-19(21)8-12-24(27)25-17-18-7-10-22(31-2)23(15-18)32-3/h7,9-11,15-16H,4-6,8,12-14,17H2,1-3H3,(H,25,27). The van der Waals surface area contributed by atoms with Crippen molar-refractivity contribution in [1.82, 2.24) is 9.62 Å². The molecular weight excluding hydrogens is 444 g/mol. The molecule has 0 atom stereocenters. The Morgan fingerprint density at radius 1 is 0.909 bits per heavy atom. The van der Waals surface area contributed by atoms with Gasteiger partial charge in [0, 0.05) is 26.1 Å². The summed E-state index contributed by atoms with van der Waals surface area (Å²) >= 11 is 0. The van der Waals surface area contributed by atoms with Crippen molar-refractivity contribution >= 4 is 15.9 Å². The second-order valence-electron chi connectivity index (χ2n) is 7.90. The number of benzene rings is 2. The number of nitrogens with zero attached hydrogens (tertiary/aromatic N) is 1. The molecule has 1 aliphatic heterocycles. The van der Waals surface area contributed by atoms with Crippen molar-refractivity contribution in [3.63, 3.8) is 0 Å². The predicted molar refractivity (Wildman–Crippen MR) is 125 cm³/mol. The number of aryl methyl sites for hydroxylation is 1. The van der Waals surface area contributed by atoms with Gasteiger partial charge >= 0.3 is 0 Å². The zero-order chi connectivity index (χ0) is 23.8. The van der Waals surface area contributed by atoms with Crippen LogP contribution >= 0.6 is 0 Å². The quantitative estimate of drug-likeness (QED) is 0.566. The highest BCUT2D eigenvalue weighted by Crippen LogP contribution is 2.28. The third-order valence-electron chi connectivity index (χ3n) is 5.76. The molecule has 0 bridgehead atoms. The number of amides is 1. The van der Waals surface area contributed by atoms with Crippen LogP contribution in [-0.2, 0) is 27.8 Å². The lowest BCUT2D eigenvalue weighted by atomic mass is 10.1. The number of rotatable bonds is 10. The summed E-state index contributed by atoms with van der Waals surface area (Å²) in [5.74, 6) is 1.65. The van der Waals surface area contributed by atoms with E-state index in [4.69, 9.17) is 14.2 Å². The van der Waals surface area contributed by atoms with E-state index in [9.17, 15) is 13.2 Å². The maximum Gasteiger partial charge on any atom is 0.243 e. The van der Waals surface area contributed by atoms with Gasteiger partial charge in [0.15, 0.2) is 11.5 Å². The summed E-state index contributed by atoms with van der Waals surface area (Å²) in [6.07, 6.45) is 3.38. The SMILES string of the molecule is COc1ccc(S(=O)(=O)N2CCCCC2)cc1CCC(=O)NCc1ccc(OC)c(OC)c1. The van der Waals surface area contributed by atoms with E-state index < -0.39 is 10.0 Å². The molecule has 180 valence electrons. The van der Waals surface area contributed by atoms with E-state index in [1.807, 2.05) is 12.1 Å². The topological polar surface area (TPSA) is 94.2 Å². The normalized spacial score (nSPS) is 14.5. The zero-order valence-electron chi connectivity index (χ0n) is 19.4. The number of hydrogen-bond donors (Lipinski definition) is 1. The third kappa shape index (κ3) is 6.17. The molecular formula is C24H32N2O6S. The summed E-state index contributed by atoms with van der Waals surface area (Å²) in [6.45, 7) is 1.43. The van der Waals surface area contributed by atoms with Crippen LogP contribution in [0.15, 0.2) is 41.3 Å². The van der Waals surface area contributed by atoms with Crippen molar-refractivity contribution in [3.8, 4) is 17.2 Å². The summed E-state index contributed by atoms with van der Waals surface area (Å²) in [6, 6.07) is 10.3. The lowest BCUT2D eigenvalue weighted by molar-refractivity contribution is -0.121. The van der Waals surface area contributed by atoms with E-state index in [0.717, 1.165) is 24.8 Å². The molecule has 1 N–H and O–H groups in total. The zero-order valence-corrected chi connectivity index (χ0v) is 20.2. The van der Waals surface area contributed by atoms with Gasteiger partial charge in [-0.15, -0.1) is 0 Å². The number of nitrogens with one attached hydrogen (secondary N) is 1. The number of ether oxygens (including phenoxy) is 3. The van der Waals surface area contributed by atoms with Crippen LogP contribution in [-0.4, -0.2) is 53.0 Å². The Hall–Kier alpha value is -2.78. The average Bonchev–Trinajstić information content (AvgIpc) is 2.86. The molecule has 8 nitrogen and oxygen atoms in total. The lowest BCUT2D eigenvalue weighted by Gasteiger charge is -2.26. The van der Waals surface area contributed by atoms with Gasteiger partial charge in [0.1, 0.15) is 5.75 Å². The van der Waals surface area contributed by atoms with E-state index in [0.29, 0.717) is 48.9 Å². The van der Waals surface area contributed by atoms with Crippen molar-refractivity contribution < 1.29 is 27.4 Å². The first kappa shape index (κ1) is 24.9. The Bertz CT molecular complexity index is 1060. The minimum absolute atomic E-state index is 0.142. The highest BCUT2D eigenvalue weighted by Gasteiger charge is 2.26. The van der Waals surface area contributed by atoms with Crippen molar-refractivity contribution in [2.75, 3.05) is 34.4 Å². The number of sulfonamides is 1. The van der Waals surface area contributed by atoms with Gasteiger partial charge in [-0.05, 0) is 60.7 Å². The monoisotopic (exact) mass is 476 g/mol. The molecule has 0 saturated carbocycles. The first-order chi connectivity index (χ1) is 15.9. The van der Waals surface area contributed by atoms with Gasteiger partial charge in [-0.3, -0.25) is 4.79 Å². The number of methoxy groups -OCH3 is 3. The number of hydrogen-bond acceptors (Lipinski definition) is 6. The van der Waals surface area contributed by atoms with Crippen LogP contribution in [0.5, 0.6) is 17.2 Å². The third-order valence-corrected chi connectivity index (χ3v) is 7.66. The molecule has 0 aliphatic carbocycles. The minimum atomic E-state index is -3.55. The molecule has 1 amide bonds. The Labute approximate surface area is 195 Å². The molecule has 1 fully saturated rings. The molecule has 2 aromatic carbocycles. The molecule has 0 aromatic heterocycles. The predicted octanol–water partition coefficient (Wildman–Crippen LogP) is 3.14. The average molecular weight is 477 g/mol. The minimum Gasteiger partial charge on any atom is -0.496 e. The van der Waals surface area contributed by atoms with E-state index >= 15 is 0 Å². The molecule has 0 spiro atoms. The highest BCUT2D eigenvalue weighted by atomic mass is 32.2. The Kier molecular flexibility index (Phi) is 8.57. The summed E-state index contributed by atoms with van der Waals surface area (Å²) in [7, 11) is 1.12. The van der Waals surface area contributed by atoms with Crippen LogP contribution in [0.25, 0.3) is 0 Å². The van der Waals surface area contributed by atoms with Crippen LogP contribution in [0.2, 0.25) is 0 Å². The van der Waals surface area contributed by atoms with E-state index in [2.05, 4.69) is 5.32 Å². The van der Waals surface area contributed by atoms with Gasteiger partial charge in [0.2, 0.25) is 15.9 Å². The maximum absolute atomic E-state index is 13.0. The van der Waals surface area contributed by atoms with Crippen LogP contribution in [0.1, 0.15) is 36.8 Å². The highest BCUT2D eigenvalue weighted by molar-refractivity contribution is 7.89. The summed E-state index contributed by atoms with van der Waals surface area (Å²) < 4.78 is 43.5. The molecule has 1 aliphatic rings. The first-order valence-electron chi connectivity index (χ1n) is 11.0. The van der Waals surface area contributed by atoms with Crippen molar-refractivity contribution in [3.05, 3.63) is 47.5 Å². The lowest BCUT2D eigenvalue weighted by Crippen LogP contribution is -2.35. The molecule has 0 radical (unpaired) electrons. The Balaban J connectivity index is 1.64. The second-order valence-corrected chi connectivity index (χ2v) is 9.84. The van der Waals surface area contributed by atoms with Crippen LogP contribution in [0.3, 0.4) is 0 Å². The number of piperidine rings is 1. The second kappa shape index (κ2) is 11.4. The van der Waals surface area contributed by atoms with Crippen LogP contribution in [0.4, 0.5) is 0 Å². The fourth-order valence-corrected chi connectivity index (χ4v) is 5.46. The number of carbonyl (C=O) groups is 1. The molecule has 3 rings (SSSR count). The molecule has 9 heteroatoms. The van der Waals surface area contributed by atoms with Gasteiger partial charge in [-0.25, -0.2) is 8.42 Å². The Morgan fingerprint density at radius 2 is 1.58 bits per heavy atom. The summed E-state index contributed by atoms with van der Waals surface area (Å²) in [4.78, 5) is 12.7. The smallest absolute Gasteiger partial charge is 0.243 e. The summed E-state index contributed by atoms with van der Waals surface area (Å²) in [5.41, 5.74) is 1.57. The van der Waals surface area contributed by atoms with Gasteiger partial charge in [0.05, 0.1) is 26.2 Å². The van der Waals surface area contributed by atoms with Crippen LogP contribution in [0, 0.1) is 0 Å². The van der Waals surface area contributed by atoms with Crippen molar-refractivity contribution in [2.45, 2.75) is 43.5 Å². The number of carbonyl (C=O) groups excluding carboxylic acids is 1. The van der Waals surface area contributed by atoms with Gasteiger partial charge < -0.3 is 19.5 Å². The van der Waals surface area contributed by atoms with E-state index in [1.54, 1.807) is 38.5 Å². The first-order valence-corrected chi connectivity index (χ1v) is 12.5. The molecule has 1 heterocycles. The van der Waals surface area contributed by atoms with Crippen molar-refractivity contribution in [1.29, 1.82) is 0 Å². The molecule has 2 aromatic rings. The van der Waals surface area contributed by atoms with E-state index in [-0.39, 0.29) is 17.2 Å². The van der Waals surface area contributed by atoms with Crippen molar-refractivity contribution in [2.24, 2.45) is 0 Å². The van der Waals surface area contributed by atoms with E-state index in [1.165, 1.54) is 11.4 Å². The fourth-order valence-electron chi connectivity index (χ4n) is 3.89. The van der Waals surface area contributed by atoms with Crippen LogP contribution < -0.4 is 19.5 Å². The Morgan fingerprint density at radius 3 is 2.24 bits per heavy atom. The van der Waals surface area contributed by atoms with Gasteiger partial charge in [-0.1, -0.05) is 12.5 Å². The largest absolute Gasteiger partial charge is 0.496 e. The van der Waals surface area contributed by atoms with Gasteiger partial charge in [-0.2, -0.15) is 4.31 Å². The fraction of sp³-hybridized carbons (Fsp3) is 0.458. The maximum atomic E-state index is 13.0. The molecule has 1 saturated heterocycles. The molecule has 0 unspecified atom stereocenters. The molecule has 33 heavy (non-hydrogen) atoms. The summed E-state index contributed by atoms with van der Waals surface area (Å²) in [5, 5.41) is 2.89.